The molecule has 4 nitrogen and oxygen atoms in total. The van der Waals surface area contributed by atoms with E-state index in [1.165, 1.54) is 5.56 Å². The SMILES string of the molecule is COCCNCc1ccc(Oc2cncc(Cl)c2)c(C)c1. The first-order chi connectivity index (χ1) is 10.2. The summed E-state index contributed by atoms with van der Waals surface area (Å²) in [6.07, 6.45) is 3.22. The van der Waals surface area contributed by atoms with E-state index in [9.17, 15) is 0 Å². The molecule has 2 rings (SSSR count). The molecule has 0 aliphatic rings. The molecule has 2 aromatic rings. The van der Waals surface area contributed by atoms with Gasteiger partial charge in [0.25, 0.3) is 0 Å². The van der Waals surface area contributed by atoms with Crippen molar-refractivity contribution in [2.75, 3.05) is 20.3 Å². The quantitative estimate of drug-likeness (QED) is 0.794. The molecule has 21 heavy (non-hydrogen) atoms. The van der Waals surface area contributed by atoms with E-state index in [1.807, 2.05) is 19.1 Å². The molecule has 0 aliphatic heterocycles. The number of ether oxygens (including phenoxy) is 2. The highest BCUT2D eigenvalue weighted by molar-refractivity contribution is 6.30. The Balaban J connectivity index is 1.98. The number of nitrogens with one attached hydrogen (secondary N) is 1. The molecule has 1 aromatic heterocycles. The average Bonchev–Trinajstić information content (AvgIpc) is 2.46. The summed E-state index contributed by atoms with van der Waals surface area (Å²) in [4.78, 5) is 4.01. The minimum absolute atomic E-state index is 0.559. The highest BCUT2D eigenvalue weighted by Crippen LogP contribution is 2.26. The lowest BCUT2D eigenvalue weighted by Crippen LogP contribution is -2.18. The second kappa shape index (κ2) is 7.98. The van der Waals surface area contributed by atoms with Crippen molar-refractivity contribution < 1.29 is 9.47 Å². The van der Waals surface area contributed by atoms with Crippen LogP contribution in [0.2, 0.25) is 5.02 Å². The van der Waals surface area contributed by atoms with Crippen molar-refractivity contribution in [1.82, 2.24) is 10.3 Å². The molecular weight excluding hydrogens is 288 g/mol. The number of aryl methyl sites for hydroxylation is 1. The molecule has 1 N–H and O–H groups in total. The van der Waals surface area contributed by atoms with Crippen molar-refractivity contribution in [2.45, 2.75) is 13.5 Å². The zero-order valence-electron chi connectivity index (χ0n) is 12.2. The first kappa shape index (κ1) is 15.8. The normalized spacial score (nSPS) is 10.6. The van der Waals surface area contributed by atoms with Crippen LogP contribution in [0.15, 0.2) is 36.7 Å². The molecule has 0 saturated heterocycles. The van der Waals surface area contributed by atoms with Crippen LogP contribution in [0.5, 0.6) is 11.5 Å². The minimum atomic E-state index is 0.559. The monoisotopic (exact) mass is 306 g/mol. The molecule has 0 unspecified atom stereocenters. The van der Waals surface area contributed by atoms with Gasteiger partial charge in [0.15, 0.2) is 0 Å². The maximum absolute atomic E-state index is 5.90. The summed E-state index contributed by atoms with van der Waals surface area (Å²) in [7, 11) is 1.70. The predicted octanol–water partition coefficient (Wildman–Crippen LogP) is 3.57. The van der Waals surface area contributed by atoms with Gasteiger partial charge in [0.2, 0.25) is 0 Å². The fourth-order valence-electron chi connectivity index (χ4n) is 1.92. The number of aromatic nitrogens is 1. The Hall–Kier alpha value is -1.62. The van der Waals surface area contributed by atoms with Crippen LogP contribution < -0.4 is 10.1 Å². The van der Waals surface area contributed by atoms with Crippen LogP contribution in [-0.4, -0.2) is 25.2 Å². The Labute approximate surface area is 130 Å². The molecule has 0 amide bonds. The Bertz CT molecular complexity index is 590. The number of halogens is 1. The summed E-state index contributed by atoms with van der Waals surface area (Å²) < 4.78 is 10.8. The van der Waals surface area contributed by atoms with Gasteiger partial charge in [-0.05, 0) is 24.1 Å². The van der Waals surface area contributed by atoms with Gasteiger partial charge < -0.3 is 14.8 Å². The van der Waals surface area contributed by atoms with E-state index in [1.54, 1.807) is 25.6 Å². The molecule has 0 spiro atoms. The standard InChI is InChI=1S/C16H19ClN2O2/c1-12-7-13(9-18-5-6-20-2)3-4-16(12)21-15-8-14(17)10-19-11-15/h3-4,7-8,10-11,18H,5-6,9H2,1-2H3. The van der Waals surface area contributed by atoms with Gasteiger partial charge in [-0.15, -0.1) is 0 Å². The van der Waals surface area contributed by atoms with Crippen LogP contribution in [0, 0.1) is 6.92 Å². The van der Waals surface area contributed by atoms with Crippen LogP contribution in [0.4, 0.5) is 0 Å². The summed E-state index contributed by atoms with van der Waals surface area (Å²) in [5.74, 6) is 1.44. The highest BCUT2D eigenvalue weighted by Gasteiger charge is 2.04. The summed E-state index contributed by atoms with van der Waals surface area (Å²) in [6, 6.07) is 7.85. The van der Waals surface area contributed by atoms with Crippen LogP contribution in [0.25, 0.3) is 0 Å². The van der Waals surface area contributed by atoms with E-state index < -0.39 is 0 Å². The van der Waals surface area contributed by atoms with Gasteiger partial charge in [0.1, 0.15) is 11.5 Å². The number of benzene rings is 1. The largest absolute Gasteiger partial charge is 0.455 e. The average molecular weight is 307 g/mol. The van der Waals surface area contributed by atoms with E-state index in [-0.39, 0.29) is 0 Å². The molecule has 1 aromatic carbocycles. The first-order valence-corrected chi connectivity index (χ1v) is 7.14. The van der Waals surface area contributed by atoms with Crippen molar-refractivity contribution in [3.8, 4) is 11.5 Å². The maximum Gasteiger partial charge on any atom is 0.147 e. The van der Waals surface area contributed by atoms with Gasteiger partial charge in [0.05, 0.1) is 17.8 Å². The molecule has 0 bridgehead atoms. The number of rotatable bonds is 7. The fourth-order valence-corrected chi connectivity index (χ4v) is 2.08. The molecule has 5 heteroatoms. The Morgan fingerprint density at radius 3 is 2.81 bits per heavy atom. The molecule has 1 heterocycles. The zero-order chi connectivity index (χ0) is 15.1. The Morgan fingerprint density at radius 1 is 1.24 bits per heavy atom. The van der Waals surface area contributed by atoms with E-state index in [0.717, 1.165) is 24.4 Å². The van der Waals surface area contributed by atoms with E-state index in [4.69, 9.17) is 21.1 Å². The summed E-state index contributed by atoms with van der Waals surface area (Å²) in [6.45, 7) is 4.37. The lowest BCUT2D eigenvalue weighted by molar-refractivity contribution is 0.199. The van der Waals surface area contributed by atoms with Gasteiger partial charge in [-0.1, -0.05) is 23.7 Å². The second-order valence-corrected chi connectivity index (χ2v) is 5.15. The molecular formula is C16H19ClN2O2. The molecule has 0 fully saturated rings. The van der Waals surface area contributed by atoms with E-state index in [0.29, 0.717) is 17.4 Å². The van der Waals surface area contributed by atoms with E-state index >= 15 is 0 Å². The lowest BCUT2D eigenvalue weighted by atomic mass is 10.1. The van der Waals surface area contributed by atoms with Crippen molar-refractivity contribution >= 4 is 11.6 Å². The predicted molar refractivity (Wildman–Crippen MR) is 84.1 cm³/mol. The van der Waals surface area contributed by atoms with Crippen molar-refractivity contribution in [3.05, 3.63) is 52.8 Å². The Kier molecular flexibility index (Phi) is 5.99. The van der Waals surface area contributed by atoms with Crippen LogP contribution >= 0.6 is 11.6 Å². The third-order valence-corrected chi connectivity index (χ3v) is 3.17. The van der Waals surface area contributed by atoms with Gasteiger partial charge in [-0.2, -0.15) is 0 Å². The third-order valence-electron chi connectivity index (χ3n) is 2.96. The number of hydrogen-bond acceptors (Lipinski definition) is 4. The third kappa shape index (κ3) is 5.01. The fraction of sp³-hybridized carbons (Fsp3) is 0.312. The number of methoxy groups -OCH3 is 1. The molecule has 0 saturated carbocycles. The molecule has 0 aliphatic carbocycles. The topological polar surface area (TPSA) is 43.4 Å². The number of hydrogen-bond donors (Lipinski definition) is 1. The smallest absolute Gasteiger partial charge is 0.147 e. The lowest BCUT2D eigenvalue weighted by Gasteiger charge is -2.11. The minimum Gasteiger partial charge on any atom is -0.455 e. The Morgan fingerprint density at radius 2 is 2.10 bits per heavy atom. The summed E-state index contributed by atoms with van der Waals surface area (Å²) >= 11 is 5.90. The molecule has 0 atom stereocenters. The van der Waals surface area contributed by atoms with Crippen LogP contribution in [0.3, 0.4) is 0 Å². The van der Waals surface area contributed by atoms with Gasteiger partial charge in [-0.3, -0.25) is 4.98 Å². The van der Waals surface area contributed by atoms with Gasteiger partial charge in [-0.25, -0.2) is 0 Å². The van der Waals surface area contributed by atoms with E-state index in [2.05, 4.69) is 16.4 Å². The highest BCUT2D eigenvalue weighted by atomic mass is 35.5. The van der Waals surface area contributed by atoms with Crippen LogP contribution in [-0.2, 0) is 11.3 Å². The summed E-state index contributed by atoms with van der Waals surface area (Å²) in [5, 5.41) is 3.87. The number of pyridine rings is 1. The van der Waals surface area contributed by atoms with Crippen LogP contribution in [0.1, 0.15) is 11.1 Å². The number of nitrogens with zero attached hydrogens (tertiary/aromatic N) is 1. The summed E-state index contributed by atoms with van der Waals surface area (Å²) in [5.41, 5.74) is 2.28. The molecule has 112 valence electrons. The second-order valence-electron chi connectivity index (χ2n) is 4.71. The molecule has 0 radical (unpaired) electrons. The van der Waals surface area contributed by atoms with Gasteiger partial charge >= 0.3 is 0 Å². The van der Waals surface area contributed by atoms with Gasteiger partial charge in [0, 0.05) is 32.5 Å². The van der Waals surface area contributed by atoms with Crippen molar-refractivity contribution in [1.29, 1.82) is 0 Å². The zero-order valence-corrected chi connectivity index (χ0v) is 13.0. The van der Waals surface area contributed by atoms with Crippen molar-refractivity contribution in [3.63, 3.8) is 0 Å². The first-order valence-electron chi connectivity index (χ1n) is 6.76. The van der Waals surface area contributed by atoms with Crippen molar-refractivity contribution in [2.24, 2.45) is 0 Å². The maximum atomic E-state index is 5.90.